The number of pyridine rings is 1. The van der Waals surface area contributed by atoms with E-state index in [0.29, 0.717) is 55.8 Å². The number of aryl methyl sites for hydroxylation is 1. The third-order valence-electron chi connectivity index (χ3n) is 7.49. The minimum absolute atomic E-state index is 0.0434. The highest BCUT2D eigenvalue weighted by Gasteiger charge is 2.34. The first-order valence-electron chi connectivity index (χ1n) is 13.2. The maximum Gasteiger partial charge on any atom is 0.255 e. The lowest BCUT2D eigenvalue weighted by Crippen LogP contribution is -2.47. The number of imidazole rings is 1. The summed E-state index contributed by atoms with van der Waals surface area (Å²) in [5, 5.41) is 11.1. The number of likely N-dealkylation sites (N-methyl/N-ethyl adjacent to an activating group) is 1. The molecule has 196 valence electrons. The highest BCUT2D eigenvalue weighted by atomic mass is 16.3. The van der Waals surface area contributed by atoms with Gasteiger partial charge in [-0.15, -0.1) is 0 Å². The molecule has 0 spiro atoms. The number of fused-ring (bicyclic) bond motifs is 1. The number of carbonyl (C=O) groups excluding carboxylic acids is 2. The van der Waals surface area contributed by atoms with Crippen LogP contribution in [0.2, 0.25) is 0 Å². The number of rotatable bonds is 7. The lowest BCUT2D eigenvalue weighted by molar-refractivity contribution is -0.117. The third kappa shape index (κ3) is 5.34. The summed E-state index contributed by atoms with van der Waals surface area (Å²) < 4.78 is 1.85. The Morgan fingerprint density at radius 2 is 1.58 bits per heavy atom. The molecule has 5 rings (SSSR count). The van der Waals surface area contributed by atoms with Gasteiger partial charge in [0.2, 0.25) is 5.91 Å². The Morgan fingerprint density at radius 1 is 0.947 bits per heavy atom. The monoisotopic (exact) mass is 510 g/mol. The summed E-state index contributed by atoms with van der Waals surface area (Å²) in [6, 6.07) is 23.3. The van der Waals surface area contributed by atoms with Gasteiger partial charge in [0.25, 0.3) is 5.91 Å². The highest BCUT2D eigenvalue weighted by molar-refractivity contribution is 5.96. The average Bonchev–Trinajstić information content (AvgIpc) is 3.31. The molecule has 2 aromatic heterocycles. The van der Waals surface area contributed by atoms with Crippen LogP contribution in [0.25, 0.3) is 5.65 Å². The average molecular weight is 511 g/mol. The van der Waals surface area contributed by atoms with Gasteiger partial charge < -0.3 is 10.0 Å². The van der Waals surface area contributed by atoms with Crippen LogP contribution in [0.5, 0.6) is 0 Å². The van der Waals surface area contributed by atoms with Crippen molar-refractivity contribution in [2.45, 2.75) is 44.6 Å². The molecule has 0 aliphatic carbocycles. The van der Waals surface area contributed by atoms with Crippen molar-refractivity contribution in [1.82, 2.24) is 14.3 Å². The van der Waals surface area contributed by atoms with Crippen molar-refractivity contribution in [3.63, 3.8) is 0 Å². The molecule has 3 heterocycles. The van der Waals surface area contributed by atoms with Gasteiger partial charge in [0.05, 0.1) is 23.3 Å². The molecule has 0 atom stereocenters. The zero-order chi connectivity index (χ0) is 26.7. The van der Waals surface area contributed by atoms with E-state index in [0.717, 1.165) is 16.8 Å². The van der Waals surface area contributed by atoms with E-state index in [-0.39, 0.29) is 18.2 Å². The quantitative estimate of drug-likeness (QED) is 0.402. The van der Waals surface area contributed by atoms with Gasteiger partial charge in [0, 0.05) is 32.8 Å². The van der Waals surface area contributed by atoms with Crippen LogP contribution in [0.1, 0.15) is 46.9 Å². The second-order valence-corrected chi connectivity index (χ2v) is 10.2. The number of benzene rings is 2. The number of hydrogen-bond donors (Lipinski definition) is 1. The normalized spacial score (nSPS) is 15.0. The van der Waals surface area contributed by atoms with E-state index in [4.69, 9.17) is 4.98 Å². The van der Waals surface area contributed by atoms with Crippen molar-refractivity contribution < 1.29 is 14.7 Å². The first-order valence-corrected chi connectivity index (χ1v) is 13.2. The number of anilines is 1. The number of nitrogens with zero attached hydrogens (tertiary/aromatic N) is 4. The standard InChI is InChI=1S/C31H34N4O3/c1-3-26-29(33(2)28(36)20-23-10-6-4-7-11-23)35-22-25(14-15-27(35)32-26)30(37)34-18-16-31(38,17-19-34)21-24-12-8-5-9-13-24/h4-15,22,38H,3,16-21H2,1-2H3. The summed E-state index contributed by atoms with van der Waals surface area (Å²) in [4.78, 5) is 34.8. The fraction of sp³-hybridized carbons (Fsp3) is 0.323. The number of aromatic nitrogens is 2. The highest BCUT2D eigenvalue weighted by Crippen LogP contribution is 2.28. The van der Waals surface area contributed by atoms with Gasteiger partial charge in [-0.05, 0) is 42.5 Å². The number of piperidine rings is 1. The summed E-state index contributed by atoms with van der Waals surface area (Å²) in [6.07, 6.45) is 4.38. The molecule has 0 radical (unpaired) electrons. The molecule has 38 heavy (non-hydrogen) atoms. The number of hydrogen-bond acceptors (Lipinski definition) is 4. The molecule has 7 nitrogen and oxygen atoms in total. The van der Waals surface area contributed by atoms with Crippen LogP contribution in [-0.2, 0) is 24.1 Å². The molecule has 0 bridgehead atoms. The molecule has 4 aromatic rings. The molecular weight excluding hydrogens is 476 g/mol. The van der Waals surface area contributed by atoms with Crippen LogP contribution in [-0.4, -0.2) is 56.9 Å². The molecule has 1 aliphatic heterocycles. The number of aliphatic hydroxyl groups is 1. The zero-order valence-electron chi connectivity index (χ0n) is 22.0. The molecule has 0 saturated carbocycles. The van der Waals surface area contributed by atoms with E-state index >= 15 is 0 Å². The van der Waals surface area contributed by atoms with Crippen LogP contribution in [0.15, 0.2) is 79.0 Å². The smallest absolute Gasteiger partial charge is 0.255 e. The second kappa shape index (κ2) is 10.8. The Morgan fingerprint density at radius 3 is 2.21 bits per heavy atom. The van der Waals surface area contributed by atoms with Gasteiger partial charge in [-0.3, -0.25) is 18.9 Å². The predicted octanol–water partition coefficient (Wildman–Crippen LogP) is 4.31. The molecule has 2 amide bonds. The lowest BCUT2D eigenvalue weighted by Gasteiger charge is -2.38. The lowest BCUT2D eigenvalue weighted by atomic mass is 9.85. The third-order valence-corrected chi connectivity index (χ3v) is 7.49. The van der Waals surface area contributed by atoms with E-state index < -0.39 is 5.60 Å². The van der Waals surface area contributed by atoms with E-state index in [1.165, 1.54) is 0 Å². The molecular formula is C31H34N4O3. The van der Waals surface area contributed by atoms with Gasteiger partial charge in [0.15, 0.2) is 0 Å². The molecule has 0 unspecified atom stereocenters. The fourth-order valence-corrected chi connectivity index (χ4v) is 5.27. The van der Waals surface area contributed by atoms with Crippen molar-refractivity contribution in [3.05, 3.63) is 101 Å². The second-order valence-electron chi connectivity index (χ2n) is 10.2. The van der Waals surface area contributed by atoms with Crippen molar-refractivity contribution in [2.24, 2.45) is 0 Å². The summed E-state index contributed by atoms with van der Waals surface area (Å²) >= 11 is 0. The number of likely N-dealkylation sites (tertiary alicyclic amines) is 1. The maximum absolute atomic E-state index is 13.5. The molecule has 7 heteroatoms. The minimum Gasteiger partial charge on any atom is -0.389 e. The Kier molecular flexibility index (Phi) is 7.29. The number of carbonyl (C=O) groups is 2. The van der Waals surface area contributed by atoms with Crippen LogP contribution >= 0.6 is 0 Å². The molecule has 1 N–H and O–H groups in total. The van der Waals surface area contributed by atoms with Crippen LogP contribution in [0, 0.1) is 0 Å². The van der Waals surface area contributed by atoms with Crippen LogP contribution in [0.3, 0.4) is 0 Å². The summed E-state index contributed by atoms with van der Waals surface area (Å²) in [5.41, 5.74) is 3.29. The van der Waals surface area contributed by atoms with Gasteiger partial charge >= 0.3 is 0 Å². The first-order chi connectivity index (χ1) is 18.4. The summed E-state index contributed by atoms with van der Waals surface area (Å²) in [6.45, 7) is 3.00. The van der Waals surface area contributed by atoms with Crippen LogP contribution in [0.4, 0.5) is 5.82 Å². The summed E-state index contributed by atoms with van der Waals surface area (Å²) in [5.74, 6) is 0.566. The Hall–Kier alpha value is -3.97. The fourth-order valence-electron chi connectivity index (χ4n) is 5.27. The molecule has 1 aliphatic rings. The van der Waals surface area contributed by atoms with Gasteiger partial charge in [-0.2, -0.15) is 0 Å². The van der Waals surface area contributed by atoms with Crippen molar-refractivity contribution in [1.29, 1.82) is 0 Å². The Bertz CT molecular complexity index is 1420. The molecule has 1 saturated heterocycles. The van der Waals surface area contributed by atoms with E-state index in [2.05, 4.69) is 0 Å². The zero-order valence-corrected chi connectivity index (χ0v) is 22.0. The predicted molar refractivity (Wildman–Crippen MR) is 148 cm³/mol. The SMILES string of the molecule is CCc1nc2ccc(C(=O)N3CCC(O)(Cc4ccccc4)CC3)cn2c1N(C)C(=O)Cc1ccccc1. The van der Waals surface area contributed by atoms with Crippen molar-refractivity contribution in [2.75, 3.05) is 25.0 Å². The van der Waals surface area contributed by atoms with Gasteiger partial charge in [-0.1, -0.05) is 67.6 Å². The maximum atomic E-state index is 13.5. The Balaban J connectivity index is 1.34. The van der Waals surface area contributed by atoms with Crippen molar-refractivity contribution in [3.8, 4) is 0 Å². The summed E-state index contributed by atoms with van der Waals surface area (Å²) in [7, 11) is 1.76. The van der Waals surface area contributed by atoms with E-state index in [9.17, 15) is 14.7 Å². The van der Waals surface area contributed by atoms with Gasteiger partial charge in [-0.25, -0.2) is 4.98 Å². The topological polar surface area (TPSA) is 78.2 Å². The van der Waals surface area contributed by atoms with Crippen LogP contribution < -0.4 is 4.90 Å². The largest absolute Gasteiger partial charge is 0.389 e. The first kappa shape index (κ1) is 25.7. The minimum atomic E-state index is -0.808. The number of amides is 2. The van der Waals surface area contributed by atoms with Crippen molar-refractivity contribution >= 4 is 23.3 Å². The van der Waals surface area contributed by atoms with E-state index in [1.54, 1.807) is 24.2 Å². The Labute approximate surface area is 223 Å². The molecule has 2 aromatic carbocycles. The molecule has 1 fully saturated rings. The van der Waals surface area contributed by atoms with Gasteiger partial charge in [0.1, 0.15) is 11.5 Å². The van der Waals surface area contributed by atoms with E-state index in [1.807, 2.05) is 83.0 Å².